The van der Waals surface area contributed by atoms with Crippen molar-refractivity contribution >= 4 is 17.9 Å². The van der Waals surface area contributed by atoms with Gasteiger partial charge in [0, 0.05) is 16.8 Å². The summed E-state index contributed by atoms with van der Waals surface area (Å²) in [5.74, 6) is 0.0731. The average Bonchev–Trinajstić information content (AvgIpc) is 2.64. The molecule has 1 unspecified atom stereocenters. The summed E-state index contributed by atoms with van der Waals surface area (Å²) in [5, 5.41) is 0. The van der Waals surface area contributed by atoms with Gasteiger partial charge in [-0.2, -0.15) is 0 Å². The first-order chi connectivity index (χ1) is 12.8. The van der Waals surface area contributed by atoms with Gasteiger partial charge in [0.05, 0.1) is 12.1 Å². The highest BCUT2D eigenvalue weighted by molar-refractivity contribution is 5.89. The van der Waals surface area contributed by atoms with Gasteiger partial charge in [0.2, 0.25) is 0 Å². The predicted octanol–water partition coefficient (Wildman–Crippen LogP) is 4.76. The monoisotopic (exact) mass is 365 g/mol. The number of ether oxygens (including phenoxy) is 1. The number of carbonyl (C=O) groups is 2. The molecule has 0 fully saturated rings. The molecule has 0 saturated heterocycles. The number of aryl methyl sites for hydroxylation is 1. The molecule has 0 aromatic heterocycles. The zero-order chi connectivity index (χ0) is 19.6. The second-order valence-electron chi connectivity index (χ2n) is 7.96. The van der Waals surface area contributed by atoms with Gasteiger partial charge in [0.15, 0.2) is 0 Å². The molecule has 2 aromatic carbocycles. The first kappa shape index (κ1) is 19.2. The molecule has 0 bridgehead atoms. The Balaban J connectivity index is 1.80. The summed E-state index contributed by atoms with van der Waals surface area (Å²) in [6.45, 7) is 9.54. The Labute approximate surface area is 161 Å². The van der Waals surface area contributed by atoms with Gasteiger partial charge in [0.1, 0.15) is 12.9 Å². The molecule has 0 amide bonds. The molecule has 0 radical (unpaired) electrons. The number of fused-ring (bicyclic) bond motifs is 1. The zero-order valence-electron chi connectivity index (χ0n) is 16.5. The van der Waals surface area contributed by atoms with E-state index in [0.717, 1.165) is 29.5 Å². The van der Waals surface area contributed by atoms with Crippen molar-refractivity contribution < 1.29 is 14.3 Å². The minimum atomic E-state index is -0.300. The second kappa shape index (κ2) is 7.55. The lowest BCUT2D eigenvalue weighted by atomic mass is 9.79. The van der Waals surface area contributed by atoms with Gasteiger partial charge in [-0.1, -0.05) is 25.1 Å². The zero-order valence-corrected chi connectivity index (χ0v) is 16.5. The molecule has 0 spiro atoms. The molecule has 0 aliphatic carbocycles. The normalized spacial score (nSPS) is 17.9. The highest BCUT2D eigenvalue weighted by Crippen LogP contribution is 2.44. The molecule has 1 atom stereocenters. The molecule has 0 N–H and O–H groups in total. The van der Waals surface area contributed by atoms with Crippen molar-refractivity contribution in [3.05, 3.63) is 64.7 Å². The number of hydrogen-bond donors (Lipinski definition) is 0. The van der Waals surface area contributed by atoms with Gasteiger partial charge in [0.25, 0.3) is 0 Å². The first-order valence-electron chi connectivity index (χ1n) is 9.43. The number of rotatable bonds is 5. The van der Waals surface area contributed by atoms with E-state index in [4.69, 9.17) is 4.74 Å². The third-order valence-corrected chi connectivity index (χ3v) is 5.46. The Bertz CT molecular complexity index is 842. The fourth-order valence-corrected chi connectivity index (χ4v) is 4.09. The van der Waals surface area contributed by atoms with E-state index in [2.05, 4.69) is 31.7 Å². The standard InChI is InChI=1S/C23H27NO3/c1-16-12-21-20(13-19(16)15-25)17(2)14-23(3,4)24(21)10-11-27-22(26)18-8-6-5-7-9-18/h5-9,12-13,15,17H,10-11,14H2,1-4H3. The van der Waals surface area contributed by atoms with E-state index in [1.807, 2.05) is 31.2 Å². The van der Waals surface area contributed by atoms with Crippen LogP contribution in [0.5, 0.6) is 0 Å². The van der Waals surface area contributed by atoms with E-state index in [1.54, 1.807) is 12.1 Å². The fraction of sp³-hybridized carbons (Fsp3) is 0.391. The second-order valence-corrected chi connectivity index (χ2v) is 7.96. The SMILES string of the molecule is Cc1cc2c(cc1C=O)C(C)CC(C)(C)N2CCOC(=O)c1ccccc1. The topological polar surface area (TPSA) is 46.6 Å². The first-order valence-corrected chi connectivity index (χ1v) is 9.43. The smallest absolute Gasteiger partial charge is 0.338 e. The number of nitrogens with zero attached hydrogens (tertiary/aromatic N) is 1. The van der Waals surface area contributed by atoms with Crippen molar-refractivity contribution in [2.45, 2.75) is 45.6 Å². The van der Waals surface area contributed by atoms with Crippen LogP contribution in [0.2, 0.25) is 0 Å². The van der Waals surface area contributed by atoms with Gasteiger partial charge in [-0.05, 0) is 68.5 Å². The maximum absolute atomic E-state index is 12.2. The Kier molecular flexibility index (Phi) is 5.36. The number of hydrogen-bond acceptors (Lipinski definition) is 4. The number of anilines is 1. The lowest BCUT2D eigenvalue weighted by Crippen LogP contribution is -2.50. The lowest BCUT2D eigenvalue weighted by Gasteiger charge is -2.47. The quantitative estimate of drug-likeness (QED) is 0.566. The summed E-state index contributed by atoms with van der Waals surface area (Å²) in [7, 11) is 0. The third kappa shape index (κ3) is 3.90. The molecule has 142 valence electrons. The number of carbonyl (C=O) groups excluding carboxylic acids is 2. The molecule has 1 heterocycles. The third-order valence-electron chi connectivity index (χ3n) is 5.46. The lowest BCUT2D eigenvalue weighted by molar-refractivity contribution is 0.0509. The van der Waals surface area contributed by atoms with E-state index >= 15 is 0 Å². The Morgan fingerprint density at radius 1 is 1.26 bits per heavy atom. The van der Waals surface area contributed by atoms with Crippen LogP contribution < -0.4 is 4.90 Å². The number of benzene rings is 2. The molecule has 1 aliphatic heterocycles. The average molecular weight is 365 g/mol. The minimum Gasteiger partial charge on any atom is -0.460 e. The van der Waals surface area contributed by atoms with E-state index in [9.17, 15) is 9.59 Å². The van der Waals surface area contributed by atoms with Crippen LogP contribution in [-0.4, -0.2) is 30.9 Å². The van der Waals surface area contributed by atoms with Crippen LogP contribution in [0.25, 0.3) is 0 Å². The minimum absolute atomic E-state index is 0.0549. The largest absolute Gasteiger partial charge is 0.460 e. The molecule has 4 nitrogen and oxygen atoms in total. The van der Waals surface area contributed by atoms with Crippen LogP contribution >= 0.6 is 0 Å². The van der Waals surface area contributed by atoms with E-state index in [0.29, 0.717) is 24.6 Å². The summed E-state index contributed by atoms with van der Waals surface area (Å²) in [6, 6.07) is 13.2. The van der Waals surface area contributed by atoms with E-state index in [1.165, 1.54) is 5.56 Å². The van der Waals surface area contributed by atoms with Crippen molar-refractivity contribution in [3.63, 3.8) is 0 Å². The Hall–Kier alpha value is -2.62. The summed E-state index contributed by atoms with van der Waals surface area (Å²) in [5.41, 5.74) is 4.56. The molecular weight excluding hydrogens is 338 g/mol. The fourth-order valence-electron chi connectivity index (χ4n) is 4.09. The molecule has 1 aliphatic rings. The van der Waals surface area contributed by atoms with Gasteiger partial charge in [-0.3, -0.25) is 4.79 Å². The van der Waals surface area contributed by atoms with Crippen molar-refractivity contribution in [1.82, 2.24) is 0 Å². The highest BCUT2D eigenvalue weighted by atomic mass is 16.5. The van der Waals surface area contributed by atoms with Crippen molar-refractivity contribution in [3.8, 4) is 0 Å². The summed E-state index contributed by atoms with van der Waals surface area (Å²) in [6.07, 6.45) is 1.90. The maximum Gasteiger partial charge on any atom is 0.338 e. The van der Waals surface area contributed by atoms with Gasteiger partial charge in [-0.15, -0.1) is 0 Å². The van der Waals surface area contributed by atoms with E-state index < -0.39 is 0 Å². The maximum atomic E-state index is 12.2. The van der Waals surface area contributed by atoms with Crippen molar-refractivity contribution in [2.24, 2.45) is 0 Å². The van der Waals surface area contributed by atoms with Crippen LogP contribution in [0.4, 0.5) is 5.69 Å². The van der Waals surface area contributed by atoms with Crippen LogP contribution in [0.15, 0.2) is 42.5 Å². The van der Waals surface area contributed by atoms with Gasteiger partial charge in [-0.25, -0.2) is 4.79 Å². The van der Waals surface area contributed by atoms with Crippen LogP contribution in [-0.2, 0) is 4.74 Å². The Morgan fingerprint density at radius 3 is 2.63 bits per heavy atom. The predicted molar refractivity (Wildman–Crippen MR) is 108 cm³/mol. The molecular formula is C23H27NO3. The molecule has 27 heavy (non-hydrogen) atoms. The van der Waals surface area contributed by atoms with Crippen LogP contribution in [0.3, 0.4) is 0 Å². The molecule has 2 aromatic rings. The highest BCUT2D eigenvalue weighted by Gasteiger charge is 2.36. The molecule has 0 saturated carbocycles. The van der Waals surface area contributed by atoms with Gasteiger partial charge >= 0.3 is 5.97 Å². The summed E-state index contributed by atoms with van der Waals surface area (Å²) >= 11 is 0. The number of aldehydes is 1. The van der Waals surface area contributed by atoms with Crippen molar-refractivity contribution in [1.29, 1.82) is 0 Å². The molecule has 3 rings (SSSR count). The van der Waals surface area contributed by atoms with E-state index in [-0.39, 0.29) is 11.5 Å². The summed E-state index contributed by atoms with van der Waals surface area (Å²) in [4.78, 5) is 25.9. The van der Waals surface area contributed by atoms with Gasteiger partial charge < -0.3 is 9.64 Å². The summed E-state index contributed by atoms with van der Waals surface area (Å²) < 4.78 is 5.50. The molecule has 4 heteroatoms. The van der Waals surface area contributed by atoms with Crippen LogP contribution in [0.1, 0.15) is 65.0 Å². The van der Waals surface area contributed by atoms with Crippen LogP contribution in [0, 0.1) is 6.92 Å². The number of esters is 1. The van der Waals surface area contributed by atoms with Crippen molar-refractivity contribution in [2.75, 3.05) is 18.1 Å². The Morgan fingerprint density at radius 2 is 1.96 bits per heavy atom.